The van der Waals surface area contributed by atoms with E-state index < -0.39 is 15.9 Å². The first-order chi connectivity index (χ1) is 12.0. The first-order valence-corrected chi connectivity index (χ1v) is 8.55. The number of carbonyl (C=O) groups is 1. The molecule has 1 amide bonds. The molecule has 0 atom stereocenters. The van der Waals surface area contributed by atoms with Crippen molar-refractivity contribution in [2.45, 2.75) is 11.4 Å². The van der Waals surface area contributed by atoms with Gasteiger partial charge in [-0.1, -0.05) is 0 Å². The number of ether oxygens (including phenoxy) is 1. The standard InChI is InChI=1S/C15H14N4O5S/c1-23-12-2-4-13(5-3-12)25(21,22)19-7-6-14(18-19)15(20)16-8-11-9-24-10-17-11/h2-7,9-10H,8H2,1H3,(H,16,20). The van der Waals surface area contributed by atoms with Crippen molar-refractivity contribution in [1.82, 2.24) is 19.5 Å². The predicted octanol–water partition coefficient (Wildman–Crippen LogP) is 1.05. The molecule has 0 saturated carbocycles. The lowest BCUT2D eigenvalue weighted by Gasteiger charge is -2.05. The number of carbonyl (C=O) groups excluding carboxylic acids is 1. The number of oxazole rings is 1. The van der Waals surface area contributed by atoms with Gasteiger partial charge in [0.2, 0.25) is 0 Å². The number of methoxy groups -OCH3 is 1. The summed E-state index contributed by atoms with van der Waals surface area (Å²) in [5.74, 6) is 0.0130. The fourth-order valence-corrected chi connectivity index (χ4v) is 3.12. The van der Waals surface area contributed by atoms with Crippen LogP contribution in [0.1, 0.15) is 16.2 Å². The molecule has 1 N–H and O–H groups in total. The molecule has 25 heavy (non-hydrogen) atoms. The molecular formula is C15H14N4O5S. The fourth-order valence-electron chi connectivity index (χ4n) is 2.00. The summed E-state index contributed by atoms with van der Waals surface area (Å²) in [5.41, 5.74) is 0.513. The summed E-state index contributed by atoms with van der Waals surface area (Å²) in [7, 11) is -2.41. The molecule has 10 heteroatoms. The zero-order chi connectivity index (χ0) is 17.9. The number of nitrogens with one attached hydrogen (secondary N) is 1. The van der Waals surface area contributed by atoms with Crippen molar-refractivity contribution in [3.63, 3.8) is 0 Å². The quantitative estimate of drug-likeness (QED) is 0.696. The van der Waals surface area contributed by atoms with E-state index in [-0.39, 0.29) is 17.1 Å². The maximum atomic E-state index is 12.5. The van der Waals surface area contributed by atoms with E-state index in [0.717, 1.165) is 4.09 Å². The second-order valence-electron chi connectivity index (χ2n) is 4.92. The highest BCUT2D eigenvalue weighted by Crippen LogP contribution is 2.17. The molecule has 130 valence electrons. The largest absolute Gasteiger partial charge is 0.497 e. The van der Waals surface area contributed by atoms with Crippen molar-refractivity contribution in [3.05, 3.63) is 60.6 Å². The number of amides is 1. The van der Waals surface area contributed by atoms with Crippen molar-refractivity contribution < 1.29 is 22.4 Å². The van der Waals surface area contributed by atoms with Crippen molar-refractivity contribution in [2.75, 3.05) is 7.11 Å². The Hall–Kier alpha value is -3.14. The van der Waals surface area contributed by atoms with Crippen LogP contribution in [0.25, 0.3) is 0 Å². The lowest BCUT2D eigenvalue weighted by Crippen LogP contribution is -2.24. The SMILES string of the molecule is COc1ccc(S(=O)(=O)n2ccc(C(=O)NCc3cocn3)n2)cc1. The van der Waals surface area contributed by atoms with Crippen LogP contribution in [0.3, 0.4) is 0 Å². The number of hydrogen-bond donors (Lipinski definition) is 1. The normalized spacial score (nSPS) is 11.2. The molecule has 3 rings (SSSR count). The van der Waals surface area contributed by atoms with Gasteiger partial charge in [0.25, 0.3) is 15.9 Å². The van der Waals surface area contributed by atoms with E-state index in [9.17, 15) is 13.2 Å². The summed E-state index contributed by atoms with van der Waals surface area (Å²) >= 11 is 0. The summed E-state index contributed by atoms with van der Waals surface area (Å²) in [5, 5.41) is 6.41. The average molecular weight is 362 g/mol. The lowest BCUT2D eigenvalue weighted by molar-refractivity contribution is 0.0945. The van der Waals surface area contributed by atoms with Gasteiger partial charge in [-0.15, -0.1) is 0 Å². The van der Waals surface area contributed by atoms with Gasteiger partial charge in [-0.05, 0) is 30.3 Å². The molecule has 0 aliphatic rings. The topological polar surface area (TPSA) is 116 Å². The second-order valence-corrected chi connectivity index (χ2v) is 6.71. The predicted molar refractivity (Wildman–Crippen MR) is 85.5 cm³/mol. The number of hydrogen-bond acceptors (Lipinski definition) is 7. The second kappa shape index (κ2) is 6.77. The van der Waals surface area contributed by atoms with Gasteiger partial charge in [0, 0.05) is 6.20 Å². The first-order valence-electron chi connectivity index (χ1n) is 7.11. The van der Waals surface area contributed by atoms with Crippen molar-refractivity contribution >= 4 is 15.9 Å². The maximum absolute atomic E-state index is 12.5. The van der Waals surface area contributed by atoms with Crippen LogP contribution in [-0.2, 0) is 16.6 Å². The Kier molecular flexibility index (Phi) is 4.52. The van der Waals surface area contributed by atoms with Crippen LogP contribution >= 0.6 is 0 Å². The van der Waals surface area contributed by atoms with Gasteiger partial charge in [-0.2, -0.15) is 17.6 Å². The molecule has 0 saturated heterocycles. The highest BCUT2D eigenvalue weighted by molar-refractivity contribution is 7.89. The van der Waals surface area contributed by atoms with Crippen LogP contribution in [0.5, 0.6) is 5.75 Å². The number of nitrogens with zero attached hydrogens (tertiary/aromatic N) is 3. The molecule has 3 aromatic rings. The Morgan fingerprint density at radius 1 is 1.28 bits per heavy atom. The summed E-state index contributed by atoms with van der Waals surface area (Å²) in [4.78, 5) is 15.9. The van der Waals surface area contributed by atoms with Crippen LogP contribution in [0.4, 0.5) is 0 Å². The maximum Gasteiger partial charge on any atom is 0.282 e. The number of rotatable bonds is 6. The summed E-state index contributed by atoms with van der Waals surface area (Å²) in [6, 6.07) is 7.18. The molecule has 2 aromatic heterocycles. The lowest BCUT2D eigenvalue weighted by atomic mass is 10.3. The Labute approximate surface area is 143 Å². The third-order valence-electron chi connectivity index (χ3n) is 3.32. The zero-order valence-corrected chi connectivity index (χ0v) is 13.9. The minimum atomic E-state index is -3.89. The molecule has 0 bridgehead atoms. The van der Waals surface area contributed by atoms with Crippen molar-refractivity contribution in [1.29, 1.82) is 0 Å². The monoisotopic (exact) mass is 362 g/mol. The molecule has 0 unspecified atom stereocenters. The molecule has 2 heterocycles. The third kappa shape index (κ3) is 3.53. The van der Waals surface area contributed by atoms with Gasteiger partial charge in [0.1, 0.15) is 12.0 Å². The van der Waals surface area contributed by atoms with E-state index >= 15 is 0 Å². The molecule has 0 aliphatic heterocycles. The van der Waals surface area contributed by atoms with Gasteiger partial charge in [-0.25, -0.2) is 4.98 Å². The third-order valence-corrected chi connectivity index (χ3v) is 4.88. The van der Waals surface area contributed by atoms with E-state index in [1.807, 2.05) is 0 Å². The van der Waals surface area contributed by atoms with Crippen LogP contribution in [-0.4, -0.2) is 35.6 Å². The van der Waals surface area contributed by atoms with Crippen LogP contribution in [0.15, 0.2) is 58.5 Å². The fraction of sp³-hybridized carbons (Fsp3) is 0.133. The molecule has 0 spiro atoms. The van der Waals surface area contributed by atoms with E-state index in [4.69, 9.17) is 9.15 Å². The molecule has 0 fully saturated rings. The Bertz CT molecular complexity index is 962. The minimum Gasteiger partial charge on any atom is -0.497 e. The molecular weight excluding hydrogens is 348 g/mol. The van der Waals surface area contributed by atoms with E-state index in [2.05, 4.69) is 15.4 Å². The van der Waals surface area contributed by atoms with Crippen molar-refractivity contribution in [3.8, 4) is 5.75 Å². The summed E-state index contributed by atoms with van der Waals surface area (Å²) < 4.78 is 35.6. The van der Waals surface area contributed by atoms with Crippen LogP contribution in [0.2, 0.25) is 0 Å². The van der Waals surface area contributed by atoms with E-state index in [0.29, 0.717) is 11.4 Å². The van der Waals surface area contributed by atoms with Crippen molar-refractivity contribution in [2.24, 2.45) is 0 Å². The summed E-state index contributed by atoms with van der Waals surface area (Å²) in [6.45, 7) is 0.146. The Morgan fingerprint density at radius 3 is 2.68 bits per heavy atom. The van der Waals surface area contributed by atoms with Gasteiger partial charge >= 0.3 is 0 Å². The highest BCUT2D eigenvalue weighted by atomic mass is 32.2. The average Bonchev–Trinajstić information content (AvgIpc) is 3.31. The zero-order valence-electron chi connectivity index (χ0n) is 13.1. The van der Waals surface area contributed by atoms with Crippen LogP contribution < -0.4 is 10.1 Å². The highest BCUT2D eigenvalue weighted by Gasteiger charge is 2.20. The van der Waals surface area contributed by atoms with Gasteiger partial charge < -0.3 is 14.5 Å². The smallest absolute Gasteiger partial charge is 0.282 e. The molecule has 0 aliphatic carbocycles. The van der Waals surface area contributed by atoms with E-state index in [1.54, 1.807) is 0 Å². The first kappa shape index (κ1) is 16.7. The molecule has 0 radical (unpaired) electrons. The molecule has 9 nitrogen and oxygen atoms in total. The summed E-state index contributed by atoms with van der Waals surface area (Å²) in [6.07, 6.45) is 3.86. The number of benzene rings is 1. The van der Waals surface area contributed by atoms with Gasteiger partial charge in [-0.3, -0.25) is 4.79 Å². The Balaban J connectivity index is 1.76. The minimum absolute atomic E-state index is 0.0272. The van der Waals surface area contributed by atoms with Gasteiger partial charge in [0.05, 0.1) is 24.2 Å². The molecule has 1 aromatic carbocycles. The van der Waals surface area contributed by atoms with E-state index in [1.165, 1.54) is 56.3 Å². The Morgan fingerprint density at radius 2 is 2.04 bits per heavy atom. The number of aromatic nitrogens is 3. The van der Waals surface area contributed by atoms with Crippen LogP contribution in [0, 0.1) is 0 Å². The van der Waals surface area contributed by atoms with Gasteiger partial charge in [0.15, 0.2) is 12.1 Å².